The van der Waals surface area contributed by atoms with Gasteiger partial charge in [0.25, 0.3) is 0 Å². The van der Waals surface area contributed by atoms with Crippen molar-refractivity contribution in [3.05, 3.63) is 279 Å². The first-order chi connectivity index (χ1) is 37.8. The van der Waals surface area contributed by atoms with E-state index >= 15 is 0 Å². The van der Waals surface area contributed by atoms with Gasteiger partial charge in [-0.1, -0.05) is 182 Å². The van der Waals surface area contributed by atoms with E-state index in [4.69, 9.17) is 0 Å². The summed E-state index contributed by atoms with van der Waals surface area (Å²) in [5, 5.41) is 9.81. The van der Waals surface area contributed by atoms with Gasteiger partial charge in [0.2, 0.25) is 0 Å². The summed E-state index contributed by atoms with van der Waals surface area (Å²) in [4.78, 5) is 0. The first kappa shape index (κ1) is 42.4. The van der Waals surface area contributed by atoms with Gasteiger partial charge in [0.05, 0.1) is 44.1 Å². The molecule has 0 aliphatic rings. The van der Waals surface area contributed by atoms with Crippen LogP contribution in [0.1, 0.15) is 0 Å². The summed E-state index contributed by atoms with van der Waals surface area (Å²) in [5.41, 5.74) is 21.2. The van der Waals surface area contributed by atoms with Crippen molar-refractivity contribution in [1.29, 1.82) is 0 Å². The predicted octanol–water partition coefficient (Wildman–Crippen LogP) is 19.1. The molecule has 0 N–H and O–H groups in total. The van der Waals surface area contributed by atoms with Crippen LogP contribution in [0.4, 0.5) is 0 Å². The number of para-hydroxylation sites is 6. The Morgan fingerprint density at radius 1 is 0.184 bits per heavy atom. The fraction of sp³-hybridized carbons (Fsp3) is 0. The van der Waals surface area contributed by atoms with Gasteiger partial charge in [-0.25, -0.2) is 0 Å². The van der Waals surface area contributed by atoms with Crippen molar-refractivity contribution in [2.45, 2.75) is 0 Å². The zero-order valence-corrected chi connectivity index (χ0v) is 41.3. The summed E-state index contributed by atoms with van der Waals surface area (Å²) >= 11 is 0. The lowest BCUT2D eigenvalue weighted by molar-refractivity contribution is 1.16. The summed E-state index contributed by atoms with van der Waals surface area (Å²) in [6.07, 6.45) is 0. The largest absolute Gasteiger partial charge is 0.309 e. The highest BCUT2D eigenvalue weighted by molar-refractivity contribution is 6.23. The molecule has 16 rings (SSSR count). The van der Waals surface area contributed by atoms with E-state index in [2.05, 4.69) is 297 Å². The van der Waals surface area contributed by atoms with E-state index < -0.39 is 0 Å². The lowest BCUT2D eigenvalue weighted by Gasteiger charge is -2.19. The summed E-state index contributed by atoms with van der Waals surface area (Å²) < 4.78 is 9.75. The normalized spacial score (nSPS) is 11.9. The maximum atomic E-state index is 2.48. The minimum absolute atomic E-state index is 1.13. The quantitative estimate of drug-likeness (QED) is 0.152. The van der Waals surface area contributed by atoms with Crippen molar-refractivity contribution < 1.29 is 0 Å². The highest BCUT2D eigenvalue weighted by atomic mass is 15.0. The van der Waals surface area contributed by atoms with E-state index in [-0.39, 0.29) is 0 Å². The molecule has 0 spiro atoms. The molecule has 4 heteroatoms. The minimum atomic E-state index is 1.13. The van der Waals surface area contributed by atoms with E-state index in [1.165, 1.54) is 110 Å². The number of hydrogen-bond donors (Lipinski definition) is 0. The number of fused-ring (bicyclic) bond motifs is 12. The van der Waals surface area contributed by atoms with Crippen molar-refractivity contribution in [3.63, 3.8) is 0 Å². The van der Waals surface area contributed by atoms with E-state index in [0.29, 0.717) is 0 Å². The van der Waals surface area contributed by atoms with Gasteiger partial charge in [-0.05, 0) is 130 Å². The molecular formula is C72H46N4. The zero-order chi connectivity index (χ0) is 49.8. The number of hydrogen-bond acceptors (Lipinski definition) is 0. The molecule has 0 aliphatic carbocycles. The van der Waals surface area contributed by atoms with Crippen LogP contribution in [0.2, 0.25) is 0 Å². The Morgan fingerprint density at radius 2 is 0.474 bits per heavy atom. The van der Waals surface area contributed by atoms with Gasteiger partial charge in [-0.15, -0.1) is 0 Å². The Balaban J connectivity index is 0.964. The minimum Gasteiger partial charge on any atom is -0.309 e. The second-order valence-electron chi connectivity index (χ2n) is 20.0. The Labute approximate surface area is 438 Å². The maximum absolute atomic E-state index is 2.48. The second kappa shape index (κ2) is 16.7. The van der Waals surface area contributed by atoms with Crippen molar-refractivity contribution >= 4 is 87.2 Å². The highest BCUT2D eigenvalue weighted by Crippen LogP contribution is 2.50. The van der Waals surface area contributed by atoms with Crippen LogP contribution >= 0.6 is 0 Å². The van der Waals surface area contributed by atoms with Crippen LogP contribution in [0.3, 0.4) is 0 Å². The molecule has 0 atom stereocenters. The molecule has 0 amide bonds. The van der Waals surface area contributed by atoms with Crippen LogP contribution in [0.15, 0.2) is 279 Å². The third-order valence-corrected chi connectivity index (χ3v) is 15.9. The smallest absolute Gasteiger partial charge is 0.0547 e. The van der Waals surface area contributed by atoms with Gasteiger partial charge >= 0.3 is 0 Å². The highest BCUT2D eigenvalue weighted by Gasteiger charge is 2.26. The maximum Gasteiger partial charge on any atom is 0.0547 e. The summed E-state index contributed by atoms with van der Waals surface area (Å²) in [7, 11) is 0. The first-order valence-corrected chi connectivity index (χ1v) is 26.2. The fourth-order valence-corrected chi connectivity index (χ4v) is 12.8. The standard InChI is InChI=1S/C72H46N4/c1-5-21-47(22-6-1)69-55(39-43-67-71(69)57-31-15-19-35-63(57)75(67)51-37-41-65-59(45-51)53-29-13-17-33-61(53)73(65)49-25-9-3-10-26-49)56-40-44-68-72(70(56)48-23-7-2-8-24-48)58-32-16-20-36-64(58)76(68)52-38-42-66-60(46-52)54-30-14-18-34-62(54)74(66)50-27-11-4-12-28-50/h1-46H. The van der Waals surface area contributed by atoms with Gasteiger partial charge in [0.15, 0.2) is 0 Å². The number of benzene rings is 12. The molecule has 0 saturated carbocycles. The molecule has 4 nitrogen and oxygen atoms in total. The second-order valence-corrected chi connectivity index (χ2v) is 20.0. The molecule has 12 aromatic carbocycles. The molecule has 4 heterocycles. The molecule has 76 heavy (non-hydrogen) atoms. The molecular weight excluding hydrogens is 921 g/mol. The number of rotatable bonds is 7. The Morgan fingerprint density at radius 3 is 0.868 bits per heavy atom. The van der Waals surface area contributed by atoms with E-state index in [1.807, 2.05) is 0 Å². The fourth-order valence-electron chi connectivity index (χ4n) is 12.8. The van der Waals surface area contributed by atoms with Crippen LogP contribution in [-0.4, -0.2) is 18.3 Å². The predicted molar refractivity (Wildman–Crippen MR) is 320 cm³/mol. The van der Waals surface area contributed by atoms with Crippen LogP contribution in [0.5, 0.6) is 0 Å². The van der Waals surface area contributed by atoms with Gasteiger partial charge in [0, 0.05) is 65.8 Å². The lowest BCUT2D eigenvalue weighted by Crippen LogP contribution is -1.97. The molecule has 0 aliphatic heterocycles. The Kier molecular flexibility index (Phi) is 9.30. The van der Waals surface area contributed by atoms with Crippen LogP contribution < -0.4 is 0 Å². The zero-order valence-electron chi connectivity index (χ0n) is 41.3. The lowest BCUT2D eigenvalue weighted by atomic mass is 9.85. The van der Waals surface area contributed by atoms with Crippen molar-refractivity contribution in [2.75, 3.05) is 0 Å². The Hall–Kier alpha value is -10.2. The number of aromatic nitrogens is 4. The van der Waals surface area contributed by atoms with E-state index in [1.54, 1.807) is 0 Å². The Bertz CT molecular complexity index is 4640. The molecule has 16 aromatic rings. The molecule has 354 valence electrons. The molecule has 0 unspecified atom stereocenters. The van der Waals surface area contributed by atoms with Crippen LogP contribution in [0.25, 0.3) is 143 Å². The third-order valence-electron chi connectivity index (χ3n) is 15.9. The van der Waals surface area contributed by atoms with Crippen molar-refractivity contribution in [3.8, 4) is 56.1 Å². The average molecular weight is 967 g/mol. The van der Waals surface area contributed by atoms with Crippen molar-refractivity contribution in [2.24, 2.45) is 0 Å². The topological polar surface area (TPSA) is 19.7 Å². The van der Waals surface area contributed by atoms with Crippen molar-refractivity contribution in [1.82, 2.24) is 18.3 Å². The van der Waals surface area contributed by atoms with Crippen LogP contribution in [-0.2, 0) is 0 Å². The molecule has 0 radical (unpaired) electrons. The van der Waals surface area contributed by atoms with E-state index in [9.17, 15) is 0 Å². The van der Waals surface area contributed by atoms with Gasteiger partial charge in [0.1, 0.15) is 0 Å². The molecule has 0 saturated heterocycles. The summed E-state index contributed by atoms with van der Waals surface area (Å²) in [6.45, 7) is 0. The summed E-state index contributed by atoms with van der Waals surface area (Å²) in [6, 6.07) is 103. The van der Waals surface area contributed by atoms with Crippen LogP contribution in [0, 0.1) is 0 Å². The van der Waals surface area contributed by atoms with Gasteiger partial charge in [-0.3, -0.25) is 0 Å². The SMILES string of the molecule is c1ccc(-c2c(-c3ccc4c(c3-c3ccccc3)c3ccccc3n4-c3ccc4c(c3)c3ccccc3n4-c3ccccc3)ccc3c2c2ccccc2n3-c2ccc3c(c2)c2ccccc2n3-c2ccccc2)cc1. The molecule has 0 fully saturated rings. The molecule has 0 bridgehead atoms. The first-order valence-electron chi connectivity index (χ1n) is 26.2. The van der Waals surface area contributed by atoms with Gasteiger partial charge < -0.3 is 18.3 Å². The average Bonchev–Trinajstić information content (AvgIpc) is 4.31. The number of nitrogens with zero attached hydrogens (tertiary/aromatic N) is 4. The summed E-state index contributed by atoms with van der Waals surface area (Å²) in [5.74, 6) is 0. The van der Waals surface area contributed by atoms with Gasteiger partial charge in [-0.2, -0.15) is 0 Å². The third kappa shape index (κ3) is 6.19. The monoisotopic (exact) mass is 966 g/mol. The van der Waals surface area contributed by atoms with E-state index in [0.717, 1.165) is 33.8 Å². The molecule has 4 aromatic heterocycles.